The van der Waals surface area contributed by atoms with Crippen molar-refractivity contribution < 1.29 is 19.1 Å². The van der Waals surface area contributed by atoms with Crippen LogP contribution in [0, 0.1) is 13.8 Å². The highest BCUT2D eigenvalue weighted by Crippen LogP contribution is 2.22. The van der Waals surface area contributed by atoms with Crippen LogP contribution in [0.4, 0.5) is 0 Å². The maximum atomic E-state index is 12.3. The molecule has 2 amide bonds. The summed E-state index contributed by atoms with van der Waals surface area (Å²) >= 11 is 0. The molecule has 0 unspecified atom stereocenters. The van der Waals surface area contributed by atoms with Crippen molar-refractivity contribution in [3.8, 4) is 0 Å². The Hall–Kier alpha value is -2.37. The molecule has 0 bridgehead atoms. The molecule has 0 spiro atoms. The molecule has 1 aliphatic rings. The van der Waals surface area contributed by atoms with Crippen LogP contribution in [-0.4, -0.2) is 47.9 Å². The number of hydrogen-bond donors (Lipinski definition) is 1. The minimum atomic E-state index is -0.618. The highest BCUT2D eigenvalue weighted by Gasteiger charge is 2.29. The molecule has 0 saturated carbocycles. The lowest BCUT2D eigenvalue weighted by Crippen LogP contribution is -2.49. The SMILES string of the molecule is Cc1ccc(C(=O)NCC(=O)OCC(=O)N2[C@@H](C)CCC[C@@H]2C)cc1C. The second-order valence-electron chi connectivity index (χ2n) is 7.07. The molecule has 6 heteroatoms. The van der Waals surface area contributed by atoms with Gasteiger partial charge in [-0.15, -0.1) is 0 Å². The fraction of sp³-hybridized carbons (Fsp3) is 0.550. The third-order valence-corrected chi connectivity index (χ3v) is 5.00. The summed E-state index contributed by atoms with van der Waals surface area (Å²) < 4.78 is 5.04. The largest absolute Gasteiger partial charge is 0.454 e. The van der Waals surface area contributed by atoms with Gasteiger partial charge < -0.3 is 15.0 Å². The first-order valence-electron chi connectivity index (χ1n) is 9.12. The van der Waals surface area contributed by atoms with Crippen molar-refractivity contribution >= 4 is 17.8 Å². The van der Waals surface area contributed by atoms with Crippen LogP contribution in [0.2, 0.25) is 0 Å². The molecule has 2 atom stereocenters. The molecule has 6 nitrogen and oxygen atoms in total. The zero-order valence-corrected chi connectivity index (χ0v) is 16.0. The van der Waals surface area contributed by atoms with Gasteiger partial charge in [-0.2, -0.15) is 0 Å². The molecule has 1 fully saturated rings. The summed E-state index contributed by atoms with van der Waals surface area (Å²) in [6.07, 6.45) is 3.04. The van der Waals surface area contributed by atoms with E-state index in [1.807, 2.05) is 33.8 Å². The molecular weight excluding hydrogens is 332 g/mol. The molecule has 1 heterocycles. The Morgan fingerprint density at radius 2 is 1.77 bits per heavy atom. The summed E-state index contributed by atoms with van der Waals surface area (Å²) in [7, 11) is 0. The van der Waals surface area contributed by atoms with E-state index < -0.39 is 5.97 Å². The molecular formula is C20H28N2O4. The Balaban J connectivity index is 1.78. The highest BCUT2D eigenvalue weighted by atomic mass is 16.5. The summed E-state index contributed by atoms with van der Waals surface area (Å²) in [6, 6.07) is 5.68. The Morgan fingerprint density at radius 3 is 2.38 bits per heavy atom. The van der Waals surface area contributed by atoms with Crippen molar-refractivity contribution in [3.63, 3.8) is 0 Å². The maximum Gasteiger partial charge on any atom is 0.325 e. The zero-order chi connectivity index (χ0) is 19.3. The second kappa shape index (κ2) is 8.83. The minimum absolute atomic E-state index is 0.162. The van der Waals surface area contributed by atoms with E-state index in [2.05, 4.69) is 5.32 Å². The van der Waals surface area contributed by atoms with E-state index in [0.717, 1.165) is 30.4 Å². The third kappa shape index (κ3) is 5.07. The minimum Gasteiger partial charge on any atom is -0.454 e. The average molecular weight is 360 g/mol. The number of rotatable bonds is 5. The number of amides is 2. The Kier molecular flexibility index (Phi) is 6.77. The first-order valence-corrected chi connectivity index (χ1v) is 9.12. The lowest BCUT2D eigenvalue weighted by atomic mass is 9.97. The molecule has 0 aliphatic carbocycles. The fourth-order valence-electron chi connectivity index (χ4n) is 3.32. The van der Waals surface area contributed by atoms with Gasteiger partial charge in [0.05, 0.1) is 0 Å². The van der Waals surface area contributed by atoms with Gasteiger partial charge in [-0.25, -0.2) is 0 Å². The van der Waals surface area contributed by atoms with E-state index in [-0.39, 0.29) is 37.0 Å². The predicted molar refractivity (Wildman–Crippen MR) is 98.8 cm³/mol. The topological polar surface area (TPSA) is 75.7 Å². The van der Waals surface area contributed by atoms with Crippen molar-refractivity contribution in [3.05, 3.63) is 34.9 Å². The Bertz CT molecular complexity index is 676. The van der Waals surface area contributed by atoms with E-state index in [9.17, 15) is 14.4 Å². The van der Waals surface area contributed by atoms with Crippen molar-refractivity contribution in [2.45, 2.75) is 59.0 Å². The molecule has 1 aromatic rings. The number of likely N-dealkylation sites (tertiary alicyclic amines) is 1. The van der Waals surface area contributed by atoms with Crippen LogP contribution in [0.5, 0.6) is 0 Å². The van der Waals surface area contributed by atoms with Crippen LogP contribution >= 0.6 is 0 Å². The van der Waals surface area contributed by atoms with Crippen LogP contribution in [0.3, 0.4) is 0 Å². The van der Waals surface area contributed by atoms with Gasteiger partial charge in [0.1, 0.15) is 6.54 Å². The van der Waals surface area contributed by atoms with E-state index in [1.165, 1.54) is 0 Å². The Labute approximate surface area is 154 Å². The average Bonchev–Trinajstić information content (AvgIpc) is 2.60. The summed E-state index contributed by atoms with van der Waals surface area (Å²) in [5, 5.41) is 2.53. The lowest BCUT2D eigenvalue weighted by molar-refractivity contribution is -0.154. The summed E-state index contributed by atoms with van der Waals surface area (Å²) in [6.45, 7) is 7.37. The van der Waals surface area contributed by atoms with Gasteiger partial charge in [0.25, 0.3) is 11.8 Å². The summed E-state index contributed by atoms with van der Waals surface area (Å²) in [5.74, 6) is -1.14. The molecule has 26 heavy (non-hydrogen) atoms. The van der Waals surface area contributed by atoms with Crippen molar-refractivity contribution in [2.24, 2.45) is 0 Å². The van der Waals surface area contributed by atoms with E-state index in [4.69, 9.17) is 4.74 Å². The smallest absolute Gasteiger partial charge is 0.325 e. The number of piperidine rings is 1. The lowest BCUT2D eigenvalue weighted by Gasteiger charge is -2.38. The van der Waals surface area contributed by atoms with Gasteiger partial charge in [0.2, 0.25) is 0 Å². The molecule has 1 aromatic carbocycles. The van der Waals surface area contributed by atoms with Crippen molar-refractivity contribution in [1.82, 2.24) is 10.2 Å². The van der Waals surface area contributed by atoms with E-state index in [1.54, 1.807) is 17.0 Å². The first kappa shape index (κ1) is 19.9. The Morgan fingerprint density at radius 1 is 1.12 bits per heavy atom. The van der Waals surface area contributed by atoms with Gasteiger partial charge in [0.15, 0.2) is 6.61 Å². The number of hydrogen-bond acceptors (Lipinski definition) is 4. The number of benzene rings is 1. The fourth-order valence-corrected chi connectivity index (χ4v) is 3.32. The maximum absolute atomic E-state index is 12.3. The van der Waals surface area contributed by atoms with Gasteiger partial charge in [-0.05, 0) is 70.2 Å². The molecule has 1 N–H and O–H groups in total. The summed E-state index contributed by atoms with van der Waals surface area (Å²) in [5.41, 5.74) is 2.60. The molecule has 0 aromatic heterocycles. The van der Waals surface area contributed by atoms with Crippen LogP contribution in [0.25, 0.3) is 0 Å². The van der Waals surface area contributed by atoms with Gasteiger partial charge in [-0.3, -0.25) is 14.4 Å². The monoisotopic (exact) mass is 360 g/mol. The van der Waals surface area contributed by atoms with Crippen LogP contribution < -0.4 is 5.32 Å². The number of esters is 1. The molecule has 1 saturated heterocycles. The summed E-state index contributed by atoms with van der Waals surface area (Å²) in [4.78, 5) is 38.0. The zero-order valence-electron chi connectivity index (χ0n) is 16.0. The number of nitrogens with one attached hydrogen (secondary N) is 1. The van der Waals surface area contributed by atoms with Crippen LogP contribution in [0.15, 0.2) is 18.2 Å². The number of nitrogens with zero attached hydrogens (tertiary/aromatic N) is 1. The quantitative estimate of drug-likeness (QED) is 0.818. The second-order valence-corrected chi connectivity index (χ2v) is 7.07. The molecule has 1 aliphatic heterocycles. The standard InChI is InChI=1S/C20H28N2O4/c1-13-8-9-17(10-14(13)2)20(25)21-11-19(24)26-12-18(23)22-15(3)6-5-7-16(22)4/h8-10,15-16H,5-7,11-12H2,1-4H3,(H,21,25)/t15-,16-/m0/s1. The predicted octanol–water partition coefficient (Wildman–Crippen LogP) is 2.37. The van der Waals surface area contributed by atoms with Gasteiger partial charge in [-0.1, -0.05) is 6.07 Å². The van der Waals surface area contributed by atoms with Gasteiger partial charge >= 0.3 is 5.97 Å². The molecule has 2 rings (SSSR count). The number of carbonyl (C=O) groups excluding carboxylic acids is 3. The molecule has 0 radical (unpaired) electrons. The number of aryl methyl sites for hydroxylation is 2. The van der Waals surface area contributed by atoms with Crippen LogP contribution in [-0.2, 0) is 14.3 Å². The van der Waals surface area contributed by atoms with Gasteiger partial charge in [0, 0.05) is 17.6 Å². The highest BCUT2D eigenvalue weighted by molar-refractivity contribution is 5.96. The number of carbonyl (C=O) groups is 3. The van der Waals surface area contributed by atoms with Crippen molar-refractivity contribution in [1.29, 1.82) is 0 Å². The first-order chi connectivity index (χ1) is 12.3. The van der Waals surface area contributed by atoms with Crippen molar-refractivity contribution in [2.75, 3.05) is 13.2 Å². The number of ether oxygens (including phenoxy) is 1. The normalized spacial score (nSPS) is 19.8. The van der Waals surface area contributed by atoms with E-state index in [0.29, 0.717) is 5.56 Å². The van der Waals surface area contributed by atoms with E-state index >= 15 is 0 Å². The molecule has 142 valence electrons. The third-order valence-electron chi connectivity index (χ3n) is 5.00. The van der Waals surface area contributed by atoms with Crippen LogP contribution in [0.1, 0.15) is 54.6 Å².